The smallest absolute Gasteiger partial charge is 0.182 e. The van der Waals surface area contributed by atoms with E-state index in [-0.39, 0.29) is 0 Å². The highest BCUT2D eigenvalue weighted by atomic mass is 32.1. The molecule has 0 radical (unpaired) electrons. The molecule has 0 spiro atoms. The summed E-state index contributed by atoms with van der Waals surface area (Å²) in [6.07, 6.45) is 1.16. The van der Waals surface area contributed by atoms with Gasteiger partial charge in [-0.1, -0.05) is 0 Å². The molecule has 1 rings (SSSR count). The number of aryl methyl sites for hydroxylation is 1. The van der Waals surface area contributed by atoms with Crippen molar-refractivity contribution in [3.8, 4) is 0 Å². The van der Waals surface area contributed by atoms with Gasteiger partial charge < -0.3 is 10.2 Å². The standard InChI is InChI=1S/C9H17N3S/c1-8-7-13-9(11-8)10-5-4-6-12(2)3/h7H,4-6H2,1-3H3,(H,10,11). The Balaban J connectivity index is 2.13. The molecule has 0 bridgehead atoms. The van der Waals surface area contributed by atoms with Gasteiger partial charge in [0, 0.05) is 11.9 Å². The van der Waals surface area contributed by atoms with Gasteiger partial charge in [-0.2, -0.15) is 0 Å². The summed E-state index contributed by atoms with van der Waals surface area (Å²) in [6.45, 7) is 4.14. The quantitative estimate of drug-likeness (QED) is 0.733. The normalized spacial score (nSPS) is 10.8. The lowest BCUT2D eigenvalue weighted by Gasteiger charge is -2.08. The van der Waals surface area contributed by atoms with E-state index in [1.807, 2.05) is 6.92 Å². The van der Waals surface area contributed by atoms with Crippen molar-refractivity contribution < 1.29 is 0 Å². The topological polar surface area (TPSA) is 28.2 Å². The first-order valence-electron chi connectivity index (χ1n) is 4.49. The molecule has 3 nitrogen and oxygen atoms in total. The first-order chi connectivity index (χ1) is 6.18. The van der Waals surface area contributed by atoms with E-state index in [0.717, 1.165) is 30.3 Å². The van der Waals surface area contributed by atoms with Crippen LogP contribution in [0.2, 0.25) is 0 Å². The molecule has 0 atom stereocenters. The van der Waals surface area contributed by atoms with Crippen molar-refractivity contribution in [2.75, 3.05) is 32.5 Å². The summed E-state index contributed by atoms with van der Waals surface area (Å²) in [6, 6.07) is 0. The van der Waals surface area contributed by atoms with Gasteiger partial charge in [0.15, 0.2) is 5.13 Å². The fraction of sp³-hybridized carbons (Fsp3) is 0.667. The molecule has 0 aromatic carbocycles. The van der Waals surface area contributed by atoms with E-state index in [2.05, 4.69) is 34.7 Å². The number of nitrogens with zero attached hydrogens (tertiary/aromatic N) is 2. The van der Waals surface area contributed by atoms with E-state index >= 15 is 0 Å². The lowest BCUT2D eigenvalue weighted by molar-refractivity contribution is 0.405. The summed E-state index contributed by atoms with van der Waals surface area (Å²) in [5.41, 5.74) is 1.10. The minimum atomic E-state index is 1.01. The molecule has 0 saturated heterocycles. The number of nitrogens with one attached hydrogen (secondary N) is 1. The van der Waals surface area contributed by atoms with Gasteiger partial charge in [-0.25, -0.2) is 4.98 Å². The highest BCUT2D eigenvalue weighted by Crippen LogP contribution is 2.13. The fourth-order valence-corrected chi connectivity index (χ4v) is 1.74. The molecule has 4 heteroatoms. The maximum absolute atomic E-state index is 4.32. The van der Waals surface area contributed by atoms with Crippen molar-refractivity contribution in [1.82, 2.24) is 9.88 Å². The number of aromatic nitrogens is 1. The maximum Gasteiger partial charge on any atom is 0.182 e. The Morgan fingerprint density at radius 1 is 1.54 bits per heavy atom. The molecule has 1 aromatic rings. The number of thiazole rings is 1. The van der Waals surface area contributed by atoms with Crippen LogP contribution in [0.4, 0.5) is 5.13 Å². The van der Waals surface area contributed by atoms with Crippen molar-refractivity contribution in [1.29, 1.82) is 0 Å². The van der Waals surface area contributed by atoms with Crippen molar-refractivity contribution in [3.63, 3.8) is 0 Å². The molecule has 0 amide bonds. The molecule has 0 aliphatic carbocycles. The predicted octanol–water partition coefficient (Wildman–Crippen LogP) is 1.82. The van der Waals surface area contributed by atoms with Crippen molar-refractivity contribution in [2.24, 2.45) is 0 Å². The Morgan fingerprint density at radius 2 is 2.31 bits per heavy atom. The van der Waals surface area contributed by atoms with E-state index in [0.29, 0.717) is 0 Å². The van der Waals surface area contributed by atoms with Crippen LogP contribution in [-0.2, 0) is 0 Å². The number of hydrogen-bond acceptors (Lipinski definition) is 4. The summed E-state index contributed by atoms with van der Waals surface area (Å²) in [4.78, 5) is 6.51. The molecule has 0 unspecified atom stereocenters. The SMILES string of the molecule is Cc1csc(NCCCN(C)C)n1. The summed E-state index contributed by atoms with van der Waals surface area (Å²) in [5.74, 6) is 0. The molecule has 13 heavy (non-hydrogen) atoms. The molecule has 0 aliphatic heterocycles. The summed E-state index contributed by atoms with van der Waals surface area (Å²) < 4.78 is 0. The van der Waals surface area contributed by atoms with Gasteiger partial charge in [-0.3, -0.25) is 0 Å². The van der Waals surface area contributed by atoms with Gasteiger partial charge in [0.25, 0.3) is 0 Å². The van der Waals surface area contributed by atoms with Gasteiger partial charge >= 0.3 is 0 Å². The Kier molecular flexibility index (Phi) is 4.18. The van der Waals surface area contributed by atoms with Crippen LogP contribution in [-0.4, -0.2) is 37.1 Å². The number of rotatable bonds is 5. The van der Waals surface area contributed by atoms with Crippen molar-refractivity contribution >= 4 is 16.5 Å². The zero-order valence-corrected chi connectivity index (χ0v) is 9.32. The van der Waals surface area contributed by atoms with E-state index < -0.39 is 0 Å². The second-order valence-corrected chi connectivity index (χ2v) is 4.24. The molecule has 0 saturated carbocycles. The van der Waals surface area contributed by atoms with E-state index in [1.165, 1.54) is 0 Å². The van der Waals surface area contributed by atoms with Gasteiger partial charge in [0.05, 0.1) is 5.69 Å². The Morgan fingerprint density at radius 3 is 2.85 bits per heavy atom. The van der Waals surface area contributed by atoms with Crippen LogP contribution < -0.4 is 5.32 Å². The maximum atomic E-state index is 4.32. The second-order valence-electron chi connectivity index (χ2n) is 3.38. The minimum absolute atomic E-state index is 1.01. The molecule has 0 fully saturated rings. The van der Waals surface area contributed by atoms with Gasteiger partial charge in [0.2, 0.25) is 0 Å². The third-order valence-corrected chi connectivity index (χ3v) is 2.60. The Labute approximate surface area is 83.8 Å². The van der Waals surface area contributed by atoms with Crippen molar-refractivity contribution in [2.45, 2.75) is 13.3 Å². The van der Waals surface area contributed by atoms with Crippen LogP contribution in [0.25, 0.3) is 0 Å². The van der Waals surface area contributed by atoms with Gasteiger partial charge in [-0.15, -0.1) is 11.3 Å². The average Bonchev–Trinajstić information content (AvgIpc) is 2.45. The highest BCUT2D eigenvalue weighted by Gasteiger charge is 1.96. The monoisotopic (exact) mass is 199 g/mol. The zero-order chi connectivity index (χ0) is 9.68. The van der Waals surface area contributed by atoms with Crippen LogP contribution in [0.3, 0.4) is 0 Å². The lowest BCUT2D eigenvalue weighted by Crippen LogP contribution is -2.16. The second kappa shape index (κ2) is 5.19. The van der Waals surface area contributed by atoms with Crippen LogP contribution in [0, 0.1) is 6.92 Å². The minimum Gasteiger partial charge on any atom is -0.361 e. The molecule has 0 aliphatic rings. The first kappa shape index (κ1) is 10.5. The zero-order valence-electron chi connectivity index (χ0n) is 8.50. The molecule has 1 heterocycles. The Bertz CT molecular complexity index is 245. The van der Waals surface area contributed by atoms with E-state index in [4.69, 9.17) is 0 Å². The average molecular weight is 199 g/mol. The molecular formula is C9H17N3S. The molecular weight excluding hydrogens is 182 g/mol. The third-order valence-electron chi connectivity index (χ3n) is 1.68. The first-order valence-corrected chi connectivity index (χ1v) is 5.37. The molecule has 1 aromatic heterocycles. The number of anilines is 1. The predicted molar refractivity (Wildman–Crippen MR) is 58.5 cm³/mol. The molecule has 1 N–H and O–H groups in total. The van der Waals surface area contributed by atoms with Crippen LogP contribution >= 0.6 is 11.3 Å². The van der Waals surface area contributed by atoms with Gasteiger partial charge in [0.1, 0.15) is 0 Å². The largest absolute Gasteiger partial charge is 0.361 e. The Hall–Kier alpha value is -0.610. The van der Waals surface area contributed by atoms with Crippen LogP contribution in [0.15, 0.2) is 5.38 Å². The van der Waals surface area contributed by atoms with Crippen LogP contribution in [0.1, 0.15) is 12.1 Å². The molecule has 74 valence electrons. The van der Waals surface area contributed by atoms with Crippen LogP contribution in [0.5, 0.6) is 0 Å². The lowest BCUT2D eigenvalue weighted by atomic mass is 10.4. The van der Waals surface area contributed by atoms with E-state index in [1.54, 1.807) is 11.3 Å². The van der Waals surface area contributed by atoms with Gasteiger partial charge in [-0.05, 0) is 34.0 Å². The summed E-state index contributed by atoms with van der Waals surface area (Å²) in [5, 5.41) is 6.40. The number of hydrogen-bond donors (Lipinski definition) is 1. The van der Waals surface area contributed by atoms with Crippen molar-refractivity contribution in [3.05, 3.63) is 11.1 Å². The highest BCUT2D eigenvalue weighted by molar-refractivity contribution is 7.13. The third kappa shape index (κ3) is 4.24. The summed E-state index contributed by atoms with van der Waals surface area (Å²) in [7, 11) is 4.18. The summed E-state index contributed by atoms with van der Waals surface area (Å²) >= 11 is 1.67. The van der Waals surface area contributed by atoms with E-state index in [9.17, 15) is 0 Å². The fourth-order valence-electron chi connectivity index (χ4n) is 1.03.